The molecule has 2 aliphatic heterocycles. The maximum Gasteiger partial charge on any atom is 0.270 e. The molecule has 3 atom stereocenters. The average molecular weight is 376 g/mol. The molecule has 0 spiro atoms. The number of likely N-dealkylation sites (tertiary alicyclic amines) is 1. The summed E-state index contributed by atoms with van der Waals surface area (Å²) < 4.78 is 1.22. The first-order valence-corrected chi connectivity index (χ1v) is 9.41. The number of hydrogen-bond acceptors (Lipinski definition) is 5. The molecule has 2 N–H and O–H groups in total. The number of amides is 1. The Morgan fingerprint density at radius 3 is 2.79 bits per heavy atom. The van der Waals surface area contributed by atoms with Crippen molar-refractivity contribution in [2.75, 3.05) is 19.6 Å². The summed E-state index contributed by atoms with van der Waals surface area (Å²) >= 11 is 0. The van der Waals surface area contributed by atoms with Crippen LogP contribution >= 0.6 is 0 Å². The van der Waals surface area contributed by atoms with E-state index < -0.39 is 5.56 Å². The molecule has 0 bridgehead atoms. The third kappa shape index (κ3) is 2.51. The van der Waals surface area contributed by atoms with Gasteiger partial charge in [0, 0.05) is 37.9 Å². The third-order valence-electron chi connectivity index (χ3n) is 5.91. The van der Waals surface area contributed by atoms with Crippen molar-refractivity contribution in [3.05, 3.63) is 76.3 Å². The summed E-state index contributed by atoms with van der Waals surface area (Å²) in [5, 5.41) is 13.3. The zero-order valence-corrected chi connectivity index (χ0v) is 15.2. The fraction of sp³-hybridized carbons (Fsp3) is 0.286. The SMILES string of the molecule is O=C(c1cnc2c(O)cccn2c1=O)N1C[C@@H]2CNC[C@@H]2[C@H]1c1ccccc1. The van der Waals surface area contributed by atoms with E-state index in [9.17, 15) is 14.7 Å². The van der Waals surface area contributed by atoms with E-state index in [-0.39, 0.29) is 28.9 Å². The minimum atomic E-state index is -0.465. The van der Waals surface area contributed by atoms with E-state index >= 15 is 0 Å². The Labute approximate surface area is 161 Å². The average Bonchev–Trinajstić information content (AvgIpc) is 3.30. The van der Waals surface area contributed by atoms with Crippen molar-refractivity contribution in [1.82, 2.24) is 19.6 Å². The third-order valence-corrected chi connectivity index (χ3v) is 5.91. The summed E-state index contributed by atoms with van der Waals surface area (Å²) in [5.41, 5.74) is 0.787. The molecule has 1 amide bonds. The van der Waals surface area contributed by atoms with Gasteiger partial charge in [-0.05, 0) is 23.6 Å². The van der Waals surface area contributed by atoms with Gasteiger partial charge in [-0.2, -0.15) is 0 Å². The van der Waals surface area contributed by atoms with Crippen molar-refractivity contribution in [3.63, 3.8) is 0 Å². The van der Waals surface area contributed by atoms with Crippen LogP contribution in [0.15, 0.2) is 59.7 Å². The van der Waals surface area contributed by atoms with E-state index in [4.69, 9.17) is 0 Å². The zero-order chi connectivity index (χ0) is 19.3. The van der Waals surface area contributed by atoms with Gasteiger partial charge in [0.2, 0.25) is 0 Å². The zero-order valence-electron chi connectivity index (χ0n) is 15.2. The van der Waals surface area contributed by atoms with E-state index in [2.05, 4.69) is 10.3 Å². The largest absolute Gasteiger partial charge is 0.504 e. The number of rotatable bonds is 2. The summed E-state index contributed by atoms with van der Waals surface area (Å²) in [6, 6.07) is 12.9. The number of carbonyl (C=O) groups is 1. The van der Waals surface area contributed by atoms with Crippen LogP contribution in [0.3, 0.4) is 0 Å². The molecule has 2 fully saturated rings. The second-order valence-corrected chi connectivity index (χ2v) is 7.46. The molecule has 7 nitrogen and oxygen atoms in total. The molecule has 2 saturated heterocycles. The highest BCUT2D eigenvalue weighted by Gasteiger charge is 2.47. The number of pyridine rings is 1. The Morgan fingerprint density at radius 1 is 1.14 bits per heavy atom. The molecule has 1 aromatic carbocycles. The van der Waals surface area contributed by atoms with E-state index in [0.717, 1.165) is 18.7 Å². The van der Waals surface area contributed by atoms with E-state index in [0.29, 0.717) is 18.4 Å². The predicted octanol–water partition coefficient (Wildman–Crippen LogP) is 1.43. The highest BCUT2D eigenvalue weighted by molar-refractivity contribution is 5.94. The number of nitrogens with zero attached hydrogens (tertiary/aromatic N) is 3. The summed E-state index contributed by atoms with van der Waals surface area (Å²) in [6.07, 6.45) is 2.80. The van der Waals surface area contributed by atoms with Gasteiger partial charge >= 0.3 is 0 Å². The lowest BCUT2D eigenvalue weighted by Crippen LogP contribution is -2.38. The van der Waals surface area contributed by atoms with Crippen LogP contribution in [0, 0.1) is 11.8 Å². The molecule has 0 unspecified atom stereocenters. The lowest BCUT2D eigenvalue weighted by molar-refractivity contribution is 0.0711. The van der Waals surface area contributed by atoms with Crippen LogP contribution in [0.4, 0.5) is 0 Å². The van der Waals surface area contributed by atoms with Gasteiger partial charge in [0.25, 0.3) is 11.5 Å². The number of carbonyl (C=O) groups excluding carboxylic acids is 1. The molecule has 3 aromatic rings. The quantitative estimate of drug-likeness (QED) is 0.707. The molecule has 0 radical (unpaired) electrons. The minimum Gasteiger partial charge on any atom is -0.504 e. The Balaban J connectivity index is 1.58. The highest BCUT2D eigenvalue weighted by Crippen LogP contribution is 2.43. The highest BCUT2D eigenvalue weighted by atomic mass is 16.3. The number of nitrogens with one attached hydrogen (secondary N) is 1. The van der Waals surface area contributed by atoms with Gasteiger partial charge in [-0.1, -0.05) is 30.3 Å². The fourth-order valence-corrected chi connectivity index (χ4v) is 4.60. The molecule has 4 heterocycles. The Kier molecular flexibility index (Phi) is 3.91. The van der Waals surface area contributed by atoms with Gasteiger partial charge in [0.15, 0.2) is 11.4 Å². The van der Waals surface area contributed by atoms with Gasteiger partial charge in [0.05, 0.1) is 6.04 Å². The summed E-state index contributed by atoms with van der Waals surface area (Å²) in [4.78, 5) is 32.3. The summed E-state index contributed by atoms with van der Waals surface area (Å²) in [7, 11) is 0. The Hall–Kier alpha value is -3.19. The van der Waals surface area contributed by atoms with E-state index in [1.165, 1.54) is 22.9 Å². The van der Waals surface area contributed by atoms with E-state index in [1.54, 1.807) is 6.07 Å². The van der Waals surface area contributed by atoms with Crippen molar-refractivity contribution in [3.8, 4) is 5.75 Å². The predicted molar refractivity (Wildman–Crippen MR) is 103 cm³/mol. The van der Waals surface area contributed by atoms with Crippen molar-refractivity contribution < 1.29 is 9.90 Å². The Bertz CT molecular complexity index is 1110. The molecule has 5 rings (SSSR count). The van der Waals surface area contributed by atoms with Crippen LogP contribution < -0.4 is 10.9 Å². The van der Waals surface area contributed by atoms with Crippen molar-refractivity contribution >= 4 is 11.6 Å². The smallest absolute Gasteiger partial charge is 0.270 e. The lowest BCUT2D eigenvalue weighted by Gasteiger charge is -2.28. The first-order valence-electron chi connectivity index (χ1n) is 9.41. The molecule has 0 saturated carbocycles. The lowest BCUT2D eigenvalue weighted by atomic mass is 9.89. The van der Waals surface area contributed by atoms with Crippen LogP contribution in [-0.4, -0.2) is 44.9 Å². The number of hydrogen-bond donors (Lipinski definition) is 2. The van der Waals surface area contributed by atoms with Crippen LogP contribution in [-0.2, 0) is 0 Å². The normalized spacial score (nSPS) is 23.9. The molecular weight excluding hydrogens is 356 g/mol. The van der Waals surface area contributed by atoms with Gasteiger partial charge in [-0.15, -0.1) is 0 Å². The van der Waals surface area contributed by atoms with Crippen LogP contribution in [0.25, 0.3) is 5.65 Å². The molecule has 2 aromatic heterocycles. The topological polar surface area (TPSA) is 86.9 Å². The number of aromatic nitrogens is 2. The number of fused-ring (bicyclic) bond motifs is 2. The number of aromatic hydroxyl groups is 1. The minimum absolute atomic E-state index is 0.0250. The molecular formula is C21H20N4O3. The molecule has 0 aliphatic carbocycles. The van der Waals surface area contributed by atoms with Crippen LogP contribution in [0.5, 0.6) is 5.75 Å². The van der Waals surface area contributed by atoms with E-state index in [1.807, 2.05) is 35.2 Å². The second kappa shape index (κ2) is 6.45. The summed E-state index contributed by atoms with van der Waals surface area (Å²) in [5.74, 6) is 0.293. The molecule has 28 heavy (non-hydrogen) atoms. The Morgan fingerprint density at radius 2 is 1.96 bits per heavy atom. The van der Waals surface area contributed by atoms with Gasteiger partial charge < -0.3 is 15.3 Å². The van der Waals surface area contributed by atoms with Gasteiger partial charge in [0.1, 0.15) is 5.56 Å². The molecule has 2 aliphatic rings. The van der Waals surface area contributed by atoms with Gasteiger partial charge in [-0.25, -0.2) is 4.98 Å². The van der Waals surface area contributed by atoms with Crippen molar-refractivity contribution in [2.45, 2.75) is 6.04 Å². The standard InChI is InChI=1S/C21H20N4O3/c26-17-7-4-8-24-19(17)23-11-16(20(24)27)21(28)25-12-14-9-22-10-15(14)18(25)13-5-2-1-3-6-13/h1-8,11,14-15,18,22,26H,9-10,12H2/t14-,15-,18+/m0/s1. The maximum absolute atomic E-state index is 13.4. The molecule has 142 valence electrons. The fourth-order valence-electron chi connectivity index (χ4n) is 4.60. The monoisotopic (exact) mass is 376 g/mol. The summed E-state index contributed by atoms with van der Waals surface area (Å²) in [6.45, 7) is 2.34. The first kappa shape index (κ1) is 16.9. The maximum atomic E-state index is 13.4. The first-order chi connectivity index (χ1) is 13.6. The van der Waals surface area contributed by atoms with Crippen LogP contribution in [0.2, 0.25) is 0 Å². The van der Waals surface area contributed by atoms with Crippen molar-refractivity contribution in [2.24, 2.45) is 11.8 Å². The molecule has 7 heteroatoms. The number of benzene rings is 1. The van der Waals surface area contributed by atoms with Crippen LogP contribution in [0.1, 0.15) is 22.0 Å². The van der Waals surface area contributed by atoms with Gasteiger partial charge in [-0.3, -0.25) is 14.0 Å². The second-order valence-electron chi connectivity index (χ2n) is 7.46. The van der Waals surface area contributed by atoms with Crippen molar-refractivity contribution in [1.29, 1.82) is 0 Å².